The Labute approximate surface area is 153 Å². The first-order valence-corrected chi connectivity index (χ1v) is 8.76. The Morgan fingerprint density at radius 2 is 1.88 bits per heavy atom. The summed E-state index contributed by atoms with van der Waals surface area (Å²) < 4.78 is 5.38. The molecule has 0 fully saturated rings. The molecule has 0 saturated heterocycles. The molecule has 0 aliphatic rings. The van der Waals surface area contributed by atoms with E-state index in [2.05, 4.69) is 10.1 Å². The summed E-state index contributed by atoms with van der Waals surface area (Å²) in [5.41, 5.74) is 3.04. The van der Waals surface area contributed by atoms with Crippen LogP contribution < -0.4 is 0 Å². The van der Waals surface area contributed by atoms with Crippen molar-refractivity contribution in [2.24, 2.45) is 0 Å². The van der Waals surface area contributed by atoms with Gasteiger partial charge in [-0.25, -0.2) is 0 Å². The second kappa shape index (κ2) is 7.95. The molecule has 26 heavy (non-hydrogen) atoms. The standard InChI is InChI=1S/C21H23N3O2/c1-15(2)24(20(25)13-17-9-5-4-6-10-17)14-19-22-21(23-26-19)18-11-7-8-16(3)12-18/h4-12,15H,13-14H2,1-3H3. The fourth-order valence-corrected chi connectivity index (χ4v) is 2.80. The molecule has 5 heteroatoms. The summed E-state index contributed by atoms with van der Waals surface area (Å²) in [6.45, 7) is 6.30. The van der Waals surface area contributed by atoms with Gasteiger partial charge in [-0.05, 0) is 32.4 Å². The van der Waals surface area contributed by atoms with Crippen LogP contribution in [-0.4, -0.2) is 27.0 Å². The van der Waals surface area contributed by atoms with Crippen LogP contribution in [0.5, 0.6) is 0 Å². The molecular weight excluding hydrogens is 326 g/mol. The first-order chi connectivity index (χ1) is 12.5. The van der Waals surface area contributed by atoms with Gasteiger partial charge in [0, 0.05) is 11.6 Å². The Morgan fingerprint density at radius 3 is 2.58 bits per heavy atom. The molecule has 1 heterocycles. The Morgan fingerprint density at radius 1 is 1.12 bits per heavy atom. The normalized spacial score (nSPS) is 10.9. The average Bonchev–Trinajstić information content (AvgIpc) is 3.09. The smallest absolute Gasteiger partial charge is 0.246 e. The van der Waals surface area contributed by atoms with Gasteiger partial charge < -0.3 is 9.42 Å². The van der Waals surface area contributed by atoms with Crippen molar-refractivity contribution in [1.82, 2.24) is 15.0 Å². The Hall–Kier alpha value is -2.95. The first-order valence-electron chi connectivity index (χ1n) is 8.76. The zero-order valence-electron chi connectivity index (χ0n) is 15.3. The number of nitrogens with zero attached hydrogens (tertiary/aromatic N) is 3. The summed E-state index contributed by atoms with van der Waals surface area (Å²) in [5.74, 6) is 1.03. The van der Waals surface area contributed by atoms with Crippen molar-refractivity contribution in [2.45, 2.75) is 39.8 Å². The predicted octanol–water partition coefficient (Wildman–Crippen LogP) is 4.02. The van der Waals surface area contributed by atoms with Crippen LogP contribution >= 0.6 is 0 Å². The lowest BCUT2D eigenvalue weighted by Crippen LogP contribution is -2.37. The lowest BCUT2D eigenvalue weighted by atomic mass is 10.1. The van der Waals surface area contributed by atoms with Crippen LogP contribution in [-0.2, 0) is 17.8 Å². The molecular formula is C21H23N3O2. The highest BCUT2D eigenvalue weighted by Gasteiger charge is 2.21. The summed E-state index contributed by atoms with van der Waals surface area (Å²) in [4.78, 5) is 18.9. The van der Waals surface area contributed by atoms with Gasteiger partial charge in [-0.1, -0.05) is 59.3 Å². The minimum Gasteiger partial charge on any atom is -0.337 e. The Kier molecular flexibility index (Phi) is 5.46. The number of amides is 1. The molecule has 0 spiro atoms. The van der Waals surface area contributed by atoms with E-state index >= 15 is 0 Å². The fourth-order valence-electron chi connectivity index (χ4n) is 2.80. The first kappa shape index (κ1) is 17.9. The third kappa shape index (κ3) is 4.36. The van der Waals surface area contributed by atoms with E-state index in [9.17, 15) is 4.79 Å². The third-order valence-electron chi connectivity index (χ3n) is 4.19. The number of aromatic nitrogens is 2. The molecule has 3 aromatic rings. The van der Waals surface area contributed by atoms with E-state index in [0.29, 0.717) is 24.7 Å². The van der Waals surface area contributed by atoms with Gasteiger partial charge in [-0.15, -0.1) is 0 Å². The SMILES string of the molecule is Cc1cccc(-c2noc(CN(C(=O)Cc3ccccc3)C(C)C)n2)c1. The van der Waals surface area contributed by atoms with Crippen molar-refractivity contribution < 1.29 is 9.32 Å². The molecule has 0 unspecified atom stereocenters. The van der Waals surface area contributed by atoms with Crippen molar-refractivity contribution in [3.05, 3.63) is 71.6 Å². The maximum absolute atomic E-state index is 12.7. The average molecular weight is 349 g/mol. The van der Waals surface area contributed by atoms with E-state index in [1.807, 2.05) is 75.4 Å². The van der Waals surface area contributed by atoms with E-state index in [-0.39, 0.29) is 11.9 Å². The van der Waals surface area contributed by atoms with Gasteiger partial charge in [-0.2, -0.15) is 4.98 Å². The maximum atomic E-state index is 12.7. The van der Waals surface area contributed by atoms with Crippen molar-refractivity contribution in [3.63, 3.8) is 0 Å². The lowest BCUT2D eigenvalue weighted by molar-refractivity contribution is -0.133. The van der Waals surface area contributed by atoms with Gasteiger partial charge in [0.2, 0.25) is 17.6 Å². The zero-order valence-corrected chi connectivity index (χ0v) is 15.3. The molecule has 2 aromatic carbocycles. The number of carbonyl (C=O) groups is 1. The number of carbonyl (C=O) groups excluding carboxylic acids is 1. The van der Waals surface area contributed by atoms with Crippen molar-refractivity contribution in [2.75, 3.05) is 0 Å². The summed E-state index contributed by atoms with van der Waals surface area (Å²) in [6.07, 6.45) is 0.359. The molecule has 1 aromatic heterocycles. The molecule has 5 nitrogen and oxygen atoms in total. The van der Waals surface area contributed by atoms with E-state index in [1.54, 1.807) is 4.90 Å². The lowest BCUT2D eigenvalue weighted by Gasteiger charge is -2.25. The fraction of sp³-hybridized carbons (Fsp3) is 0.286. The molecule has 0 bridgehead atoms. The van der Waals surface area contributed by atoms with Gasteiger partial charge in [0.1, 0.15) is 6.54 Å². The van der Waals surface area contributed by atoms with Gasteiger partial charge in [-0.3, -0.25) is 4.79 Å². The molecule has 134 valence electrons. The Bertz CT molecular complexity index is 872. The summed E-state index contributed by atoms with van der Waals surface area (Å²) >= 11 is 0. The summed E-state index contributed by atoms with van der Waals surface area (Å²) in [5, 5.41) is 4.06. The van der Waals surface area contributed by atoms with Gasteiger partial charge >= 0.3 is 0 Å². The number of rotatable bonds is 6. The summed E-state index contributed by atoms with van der Waals surface area (Å²) in [7, 11) is 0. The van der Waals surface area contributed by atoms with Gasteiger partial charge in [0.05, 0.1) is 6.42 Å². The predicted molar refractivity (Wildman–Crippen MR) is 100 cm³/mol. The number of aryl methyl sites for hydroxylation is 1. The van der Waals surface area contributed by atoms with Crippen LogP contribution in [0.3, 0.4) is 0 Å². The quantitative estimate of drug-likeness (QED) is 0.674. The summed E-state index contributed by atoms with van der Waals surface area (Å²) in [6, 6.07) is 17.7. The molecule has 0 saturated carbocycles. The molecule has 0 N–H and O–H groups in total. The van der Waals surface area contributed by atoms with E-state index < -0.39 is 0 Å². The molecule has 0 aliphatic heterocycles. The molecule has 0 radical (unpaired) electrons. The third-order valence-corrected chi connectivity index (χ3v) is 4.19. The molecule has 3 rings (SSSR count). The molecule has 0 atom stereocenters. The molecule has 1 amide bonds. The zero-order chi connectivity index (χ0) is 18.5. The topological polar surface area (TPSA) is 59.2 Å². The highest BCUT2D eigenvalue weighted by atomic mass is 16.5. The molecule has 0 aliphatic carbocycles. The van der Waals surface area contributed by atoms with E-state index in [0.717, 1.165) is 16.7 Å². The van der Waals surface area contributed by atoms with Crippen LogP contribution in [0.2, 0.25) is 0 Å². The highest BCUT2D eigenvalue weighted by Crippen LogP contribution is 2.18. The monoisotopic (exact) mass is 349 g/mol. The van der Waals surface area contributed by atoms with Crippen molar-refractivity contribution in [3.8, 4) is 11.4 Å². The van der Waals surface area contributed by atoms with Gasteiger partial charge in [0.15, 0.2) is 0 Å². The number of hydrogen-bond acceptors (Lipinski definition) is 4. The van der Waals surface area contributed by atoms with Crippen LogP contribution in [0.4, 0.5) is 0 Å². The Balaban J connectivity index is 1.73. The minimum absolute atomic E-state index is 0.0422. The van der Waals surface area contributed by atoms with Crippen LogP contribution in [0.25, 0.3) is 11.4 Å². The second-order valence-electron chi connectivity index (χ2n) is 6.66. The minimum atomic E-state index is 0.0422. The van der Waals surface area contributed by atoms with Crippen LogP contribution in [0.15, 0.2) is 59.1 Å². The second-order valence-corrected chi connectivity index (χ2v) is 6.66. The van der Waals surface area contributed by atoms with Crippen LogP contribution in [0, 0.1) is 6.92 Å². The largest absolute Gasteiger partial charge is 0.337 e. The number of hydrogen-bond donors (Lipinski definition) is 0. The van der Waals surface area contributed by atoms with Gasteiger partial charge in [0.25, 0.3) is 0 Å². The maximum Gasteiger partial charge on any atom is 0.246 e. The van der Waals surface area contributed by atoms with E-state index in [1.165, 1.54) is 0 Å². The number of benzene rings is 2. The van der Waals surface area contributed by atoms with Crippen molar-refractivity contribution >= 4 is 5.91 Å². The van der Waals surface area contributed by atoms with Crippen LogP contribution in [0.1, 0.15) is 30.9 Å². The van der Waals surface area contributed by atoms with E-state index in [4.69, 9.17) is 4.52 Å². The highest BCUT2D eigenvalue weighted by molar-refractivity contribution is 5.79. The van der Waals surface area contributed by atoms with Crippen molar-refractivity contribution in [1.29, 1.82) is 0 Å².